The average molecular weight is 387 g/mol. The van der Waals surface area contributed by atoms with Gasteiger partial charge >= 0.3 is 13.0 Å². The fourth-order valence-electron chi connectivity index (χ4n) is 1.77. The lowest BCUT2D eigenvalue weighted by molar-refractivity contribution is -0.141. The van der Waals surface area contributed by atoms with Crippen LogP contribution in [0.15, 0.2) is 11.1 Å². The lowest BCUT2D eigenvalue weighted by Crippen LogP contribution is -2.25. The molecule has 1 rings (SSSR count). The minimum atomic E-state index is -4.64. The molecule has 1 aromatic rings. The first kappa shape index (κ1) is 21.2. The summed E-state index contributed by atoms with van der Waals surface area (Å²) >= 11 is 0.556. The number of rotatable bonds is 9. The summed E-state index contributed by atoms with van der Waals surface area (Å²) in [5.41, 5.74) is -1.10. The predicted octanol–water partition coefficient (Wildman–Crippen LogP) is 4.61. The van der Waals surface area contributed by atoms with Crippen molar-refractivity contribution in [1.29, 1.82) is 0 Å². The van der Waals surface area contributed by atoms with Crippen LogP contribution < -0.4 is 4.90 Å². The number of hydrogen-bond acceptors (Lipinski definition) is 7. The van der Waals surface area contributed by atoms with Gasteiger partial charge in [0.2, 0.25) is 5.95 Å². The summed E-state index contributed by atoms with van der Waals surface area (Å²) in [7, 11) is 0. The van der Waals surface area contributed by atoms with Crippen molar-refractivity contribution in [3.8, 4) is 0 Å². The molecular weight excluding hydrogens is 366 g/mol. The molecule has 0 unspecified atom stereocenters. The molecule has 138 valence electrons. The van der Waals surface area contributed by atoms with Gasteiger partial charge in [0.15, 0.2) is 5.69 Å². The summed E-state index contributed by atoms with van der Waals surface area (Å²) in [6.45, 7) is 4.25. The van der Waals surface area contributed by atoms with Crippen LogP contribution in [-0.2, 0) is 19.8 Å². The second kappa shape index (κ2) is 9.03. The maximum absolute atomic E-state index is 13.1. The van der Waals surface area contributed by atoms with E-state index in [1.54, 1.807) is 32.6 Å². The van der Waals surface area contributed by atoms with Crippen molar-refractivity contribution in [2.45, 2.75) is 38.9 Å². The Hall–Kier alpha value is -0.830. The maximum atomic E-state index is 13.1. The van der Waals surface area contributed by atoms with E-state index in [1.807, 2.05) is 0 Å². The number of halogens is 3. The summed E-state index contributed by atoms with van der Waals surface area (Å²) in [6.07, 6.45) is -4.64. The molecule has 0 spiro atoms. The largest absolute Gasteiger partial charge is 0.433 e. The zero-order valence-electron chi connectivity index (χ0n) is 14.0. The van der Waals surface area contributed by atoms with Gasteiger partial charge in [0, 0.05) is 30.5 Å². The van der Waals surface area contributed by atoms with Gasteiger partial charge in [-0.3, -0.25) is 0 Å². The smallest absolute Gasteiger partial charge is 0.341 e. The van der Waals surface area contributed by atoms with Gasteiger partial charge in [-0.2, -0.15) is 13.2 Å². The molecule has 0 aromatic carbocycles. The van der Waals surface area contributed by atoms with Crippen molar-refractivity contribution < 1.29 is 26.8 Å². The highest BCUT2D eigenvalue weighted by molar-refractivity contribution is 8.55. The Morgan fingerprint density at radius 2 is 1.67 bits per heavy atom. The first-order valence-electron chi connectivity index (χ1n) is 7.48. The second-order valence-electron chi connectivity index (χ2n) is 4.44. The molecule has 0 aliphatic rings. The van der Waals surface area contributed by atoms with E-state index >= 15 is 0 Å². The van der Waals surface area contributed by atoms with Gasteiger partial charge in [0.1, 0.15) is 5.03 Å². The van der Waals surface area contributed by atoms with E-state index in [1.165, 1.54) is 0 Å². The number of aromatic nitrogens is 2. The van der Waals surface area contributed by atoms with Crippen molar-refractivity contribution >= 4 is 24.1 Å². The number of hydrogen-bond donors (Lipinski definition) is 0. The van der Waals surface area contributed by atoms with Crippen LogP contribution in [0.3, 0.4) is 0 Å². The molecule has 0 aliphatic heterocycles. The highest BCUT2D eigenvalue weighted by Crippen LogP contribution is 2.63. The monoisotopic (exact) mass is 387 g/mol. The van der Waals surface area contributed by atoms with Gasteiger partial charge < -0.3 is 13.9 Å². The van der Waals surface area contributed by atoms with Crippen LogP contribution in [0.1, 0.15) is 33.4 Å². The Balaban J connectivity index is 3.30. The summed E-state index contributed by atoms with van der Waals surface area (Å²) in [5, 5.41) is -0.107. The number of anilines is 1. The average Bonchev–Trinajstić information content (AvgIpc) is 2.47. The molecule has 24 heavy (non-hydrogen) atoms. The highest BCUT2D eigenvalue weighted by atomic mass is 32.7. The number of alkyl halides is 3. The van der Waals surface area contributed by atoms with E-state index in [0.29, 0.717) is 24.5 Å². The van der Waals surface area contributed by atoms with E-state index in [2.05, 4.69) is 9.97 Å². The molecule has 0 saturated heterocycles. The summed E-state index contributed by atoms with van der Waals surface area (Å²) < 4.78 is 62.0. The Morgan fingerprint density at radius 1 is 1.12 bits per heavy atom. The van der Waals surface area contributed by atoms with E-state index < -0.39 is 18.7 Å². The third kappa shape index (κ3) is 5.91. The summed E-state index contributed by atoms with van der Waals surface area (Å²) in [4.78, 5) is 9.23. The van der Waals surface area contributed by atoms with Crippen molar-refractivity contribution in [3.63, 3.8) is 0 Å². The minimum absolute atomic E-state index is 0.0723. The van der Waals surface area contributed by atoms with Crippen molar-refractivity contribution in [2.75, 3.05) is 31.2 Å². The van der Waals surface area contributed by atoms with Crippen LogP contribution in [-0.4, -0.2) is 36.3 Å². The molecule has 0 amide bonds. The Morgan fingerprint density at radius 3 is 2.08 bits per heavy atom. The third-order valence-corrected chi connectivity index (χ3v) is 6.44. The van der Waals surface area contributed by atoms with E-state index in [9.17, 15) is 17.7 Å². The molecule has 0 N–H and O–H groups in total. The normalized spacial score (nSPS) is 12.5. The third-order valence-electron chi connectivity index (χ3n) is 2.81. The van der Waals surface area contributed by atoms with Crippen LogP contribution in [0, 0.1) is 0 Å². The second-order valence-corrected chi connectivity index (χ2v) is 8.34. The lowest BCUT2D eigenvalue weighted by atomic mass is 10.4. The van der Waals surface area contributed by atoms with Gasteiger partial charge in [-0.1, -0.05) is 0 Å². The van der Waals surface area contributed by atoms with Crippen LogP contribution >= 0.6 is 18.2 Å². The summed E-state index contributed by atoms with van der Waals surface area (Å²) in [6, 6.07) is 0.752. The maximum Gasteiger partial charge on any atom is 0.433 e. The fourth-order valence-corrected chi connectivity index (χ4v) is 5.02. The molecule has 0 aliphatic carbocycles. The van der Waals surface area contributed by atoms with Gasteiger partial charge in [0.05, 0.1) is 13.2 Å². The molecule has 0 fully saturated rings. The standard InChI is InChI=1S/C13H21F3N3O3PS/c1-5-19(6-2)12-17-10(13(14,15)16)9-11(18-12)24-23(20,21-7-3)22-8-4/h9H,5-8H2,1-4H3. The van der Waals surface area contributed by atoms with Gasteiger partial charge in [-0.15, -0.1) is 0 Å². The zero-order valence-corrected chi connectivity index (χ0v) is 15.7. The Kier molecular flexibility index (Phi) is 7.98. The molecule has 6 nitrogen and oxygen atoms in total. The first-order valence-corrected chi connectivity index (χ1v) is 10.4. The molecular formula is C13H21F3N3O3PS. The molecule has 11 heteroatoms. The highest BCUT2D eigenvalue weighted by Gasteiger charge is 2.36. The molecule has 1 heterocycles. The van der Waals surface area contributed by atoms with E-state index in [0.717, 1.165) is 6.07 Å². The molecule has 0 radical (unpaired) electrons. The van der Waals surface area contributed by atoms with Crippen LogP contribution in [0.5, 0.6) is 0 Å². The molecule has 0 bridgehead atoms. The van der Waals surface area contributed by atoms with E-state index in [4.69, 9.17) is 9.05 Å². The van der Waals surface area contributed by atoms with Crippen LogP contribution in [0.4, 0.5) is 19.1 Å². The zero-order chi connectivity index (χ0) is 18.4. The lowest BCUT2D eigenvalue weighted by Gasteiger charge is -2.21. The predicted molar refractivity (Wildman–Crippen MR) is 87.3 cm³/mol. The van der Waals surface area contributed by atoms with E-state index in [-0.39, 0.29) is 24.2 Å². The Labute approximate surface area is 143 Å². The Bertz CT molecular complexity index is 575. The quantitative estimate of drug-likeness (QED) is 0.453. The van der Waals surface area contributed by atoms with Crippen LogP contribution in [0.25, 0.3) is 0 Å². The topological polar surface area (TPSA) is 64.6 Å². The van der Waals surface area contributed by atoms with Gasteiger partial charge in [-0.05, 0) is 27.7 Å². The number of nitrogens with zero attached hydrogens (tertiary/aromatic N) is 3. The van der Waals surface area contributed by atoms with Crippen molar-refractivity contribution in [1.82, 2.24) is 9.97 Å². The van der Waals surface area contributed by atoms with Gasteiger partial charge in [0.25, 0.3) is 0 Å². The van der Waals surface area contributed by atoms with Crippen molar-refractivity contribution in [3.05, 3.63) is 11.8 Å². The molecule has 0 atom stereocenters. The van der Waals surface area contributed by atoms with Gasteiger partial charge in [-0.25, -0.2) is 14.5 Å². The minimum Gasteiger partial charge on any atom is -0.341 e. The molecule has 1 aromatic heterocycles. The first-order chi connectivity index (χ1) is 11.2. The summed E-state index contributed by atoms with van der Waals surface area (Å²) in [5.74, 6) is -0.0723. The van der Waals surface area contributed by atoms with Crippen LogP contribution in [0.2, 0.25) is 0 Å². The SMILES string of the molecule is CCOP(=O)(OCC)Sc1cc(C(F)(F)F)nc(N(CC)CC)n1. The fraction of sp³-hybridized carbons (Fsp3) is 0.692. The van der Waals surface area contributed by atoms with Crippen molar-refractivity contribution in [2.24, 2.45) is 0 Å². The molecule has 0 saturated carbocycles.